The molecule has 38 heavy (non-hydrogen) atoms. The summed E-state index contributed by atoms with van der Waals surface area (Å²) in [4.78, 5) is 26.6. The smallest absolute Gasteiger partial charge is 0.270 e. The van der Waals surface area contributed by atoms with Crippen LogP contribution in [0, 0.1) is 5.82 Å². The molecule has 13 heteroatoms. The number of nitrogens with zero attached hydrogens (tertiary/aromatic N) is 3. The number of aromatic amines is 1. The van der Waals surface area contributed by atoms with Crippen LogP contribution in [0.2, 0.25) is 0 Å². The van der Waals surface area contributed by atoms with Gasteiger partial charge in [-0.3, -0.25) is 9.52 Å². The first-order chi connectivity index (χ1) is 18.1. The summed E-state index contributed by atoms with van der Waals surface area (Å²) in [6.45, 7) is 1.07. The van der Waals surface area contributed by atoms with Crippen LogP contribution in [0.4, 0.5) is 16.0 Å². The van der Waals surface area contributed by atoms with Gasteiger partial charge in [-0.15, -0.1) is 0 Å². The Morgan fingerprint density at radius 2 is 1.97 bits per heavy atom. The molecule has 0 saturated carbocycles. The van der Waals surface area contributed by atoms with Gasteiger partial charge >= 0.3 is 0 Å². The van der Waals surface area contributed by atoms with Gasteiger partial charge in [-0.05, 0) is 65.2 Å². The summed E-state index contributed by atoms with van der Waals surface area (Å²) >= 11 is 3.28. The van der Waals surface area contributed by atoms with Gasteiger partial charge in [0.2, 0.25) is 21.9 Å². The van der Waals surface area contributed by atoms with Crippen LogP contribution in [0.1, 0.15) is 23.3 Å². The van der Waals surface area contributed by atoms with Crippen LogP contribution in [-0.4, -0.2) is 59.6 Å². The number of hydrogen-bond acceptors (Lipinski definition) is 7. The Labute approximate surface area is 226 Å². The van der Waals surface area contributed by atoms with Gasteiger partial charge in [-0.1, -0.05) is 6.07 Å². The Morgan fingerprint density at radius 3 is 2.71 bits per heavy atom. The molecule has 2 aromatic carbocycles. The van der Waals surface area contributed by atoms with Crippen LogP contribution in [0.3, 0.4) is 0 Å². The summed E-state index contributed by atoms with van der Waals surface area (Å²) in [5.41, 5.74) is 1.61. The number of para-hydroxylation sites is 1. The third kappa shape index (κ3) is 6.05. The van der Waals surface area contributed by atoms with E-state index in [0.717, 1.165) is 17.2 Å². The maximum atomic E-state index is 14.1. The zero-order valence-corrected chi connectivity index (χ0v) is 22.6. The van der Waals surface area contributed by atoms with E-state index in [-0.39, 0.29) is 23.6 Å². The molecule has 1 amide bonds. The molecule has 10 nitrogen and oxygen atoms in total. The van der Waals surface area contributed by atoms with Crippen molar-refractivity contribution in [3.63, 3.8) is 0 Å². The average Bonchev–Trinajstić information content (AvgIpc) is 3.29. The van der Waals surface area contributed by atoms with Gasteiger partial charge in [0.15, 0.2) is 11.6 Å². The fourth-order valence-electron chi connectivity index (χ4n) is 4.26. The maximum Gasteiger partial charge on any atom is 0.270 e. The Hall–Kier alpha value is -3.71. The number of carbonyl (C=O) groups is 1. The van der Waals surface area contributed by atoms with Crippen LogP contribution >= 0.6 is 15.9 Å². The fourth-order valence-corrected chi connectivity index (χ4v) is 5.24. The Morgan fingerprint density at radius 1 is 1.18 bits per heavy atom. The average molecular weight is 603 g/mol. The minimum atomic E-state index is -3.39. The lowest BCUT2D eigenvalue weighted by molar-refractivity contribution is 0.0713. The third-order valence-electron chi connectivity index (χ3n) is 6.03. The Kier molecular flexibility index (Phi) is 7.21. The molecule has 1 fully saturated rings. The van der Waals surface area contributed by atoms with Gasteiger partial charge in [0.25, 0.3) is 5.91 Å². The topological polar surface area (TPSA) is 129 Å². The van der Waals surface area contributed by atoms with Crippen molar-refractivity contribution in [1.82, 2.24) is 19.9 Å². The number of aromatic nitrogens is 3. The number of carbonyl (C=O) groups excluding carboxylic acids is 1. The quantitative estimate of drug-likeness (QED) is 0.278. The Bertz CT molecular complexity index is 1580. The van der Waals surface area contributed by atoms with Crippen LogP contribution in [-0.2, 0) is 10.0 Å². The SMILES string of the molecule is CS(=O)(=O)Nc1ccc2[nH]c(C(=O)N3CCC(Nc4nccc(Oc5c(F)cccc5Br)n4)CC3)cc2c1. The number of halogens is 2. The molecule has 0 atom stereocenters. The number of nitrogens with one attached hydrogen (secondary N) is 3. The summed E-state index contributed by atoms with van der Waals surface area (Å²) in [5.74, 6) is -0.0304. The molecule has 1 aliphatic heterocycles. The zero-order chi connectivity index (χ0) is 26.9. The van der Waals surface area contributed by atoms with Crippen molar-refractivity contribution >= 4 is 54.4 Å². The molecular formula is C25H24BrFN6O4S. The number of hydrogen-bond donors (Lipinski definition) is 3. The second-order valence-corrected chi connectivity index (χ2v) is 11.5. The van der Waals surface area contributed by atoms with Crippen molar-refractivity contribution in [1.29, 1.82) is 0 Å². The number of likely N-dealkylation sites (tertiary alicyclic amines) is 1. The molecule has 0 aliphatic carbocycles. The number of amides is 1. The fraction of sp³-hybridized carbons (Fsp3) is 0.240. The van der Waals surface area contributed by atoms with Crippen LogP contribution in [0.15, 0.2) is 59.2 Å². The number of piperidine rings is 1. The monoisotopic (exact) mass is 602 g/mol. The van der Waals surface area contributed by atoms with Crippen LogP contribution < -0.4 is 14.8 Å². The zero-order valence-electron chi connectivity index (χ0n) is 20.2. The number of benzene rings is 2. The predicted octanol–water partition coefficient (Wildman–Crippen LogP) is 4.74. The molecule has 1 saturated heterocycles. The molecule has 198 valence electrons. The standard InChI is InChI=1S/C25H24BrFN6O4S/c1-38(35,36)32-17-5-6-20-15(13-17)14-21(30-20)24(34)33-11-8-16(9-12-33)29-25-28-10-7-22(31-25)37-23-18(26)3-2-4-19(23)27/h2-7,10,13-14,16,30,32H,8-9,11-12H2,1H3,(H,28,29,31). The van der Waals surface area contributed by atoms with Gasteiger partial charge < -0.3 is 19.9 Å². The van der Waals surface area contributed by atoms with E-state index in [9.17, 15) is 17.6 Å². The summed E-state index contributed by atoms with van der Waals surface area (Å²) in [6, 6.07) is 12.9. The maximum absolute atomic E-state index is 14.1. The number of anilines is 2. The van der Waals surface area contributed by atoms with Gasteiger partial charge in [0, 0.05) is 48.0 Å². The van der Waals surface area contributed by atoms with Crippen LogP contribution in [0.25, 0.3) is 10.9 Å². The first-order valence-corrected chi connectivity index (χ1v) is 14.4. The molecule has 0 spiro atoms. The number of ether oxygens (including phenoxy) is 1. The second-order valence-electron chi connectivity index (χ2n) is 8.94. The molecule has 0 bridgehead atoms. The van der Waals surface area contributed by atoms with E-state index in [1.54, 1.807) is 47.4 Å². The van der Waals surface area contributed by atoms with Gasteiger partial charge in [0.05, 0.1) is 10.7 Å². The lowest BCUT2D eigenvalue weighted by Gasteiger charge is -2.32. The highest BCUT2D eigenvalue weighted by Gasteiger charge is 2.25. The minimum Gasteiger partial charge on any atom is -0.435 e. The number of sulfonamides is 1. The van der Waals surface area contributed by atoms with E-state index in [1.165, 1.54) is 12.3 Å². The van der Waals surface area contributed by atoms with Crippen molar-refractivity contribution in [2.45, 2.75) is 18.9 Å². The van der Waals surface area contributed by atoms with Gasteiger partial charge in [0.1, 0.15) is 5.69 Å². The third-order valence-corrected chi connectivity index (χ3v) is 7.26. The van der Waals surface area contributed by atoms with Gasteiger partial charge in [-0.2, -0.15) is 4.98 Å². The van der Waals surface area contributed by atoms with E-state index in [1.807, 2.05) is 0 Å². The van der Waals surface area contributed by atoms with E-state index in [2.05, 4.69) is 40.9 Å². The lowest BCUT2D eigenvalue weighted by Crippen LogP contribution is -2.42. The Balaban J connectivity index is 1.19. The highest BCUT2D eigenvalue weighted by molar-refractivity contribution is 9.10. The van der Waals surface area contributed by atoms with E-state index >= 15 is 0 Å². The molecule has 1 aliphatic rings. The van der Waals surface area contributed by atoms with Crippen molar-refractivity contribution in [2.75, 3.05) is 29.4 Å². The van der Waals surface area contributed by atoms with Crippen molar-refractivity contribution < 1.29 is 22.3 Å². The highest BCUT2D eigenvalue weighted by Crippen LogP contribution is 2.31. The largest absolute Gasteiger partial charge is 0.435 e. The summed E-state index contributed by atoms with van der Waals surface area (Å²) < 4.78 is 45.6. The molecule has 5 rings (SSSR count). The van der Waals surface area contributed by atoms with Crippen molar-refractivity contribution in [2.24, 2.45) is 0 Å². The molecule has 4 aromatic rings. The number of rotatable bonds is 7. The van der Waals surface area contributed by atoms with E-state index < -0.39 is 15.8 Å². The summed E-state index contributed by atoms with van der Waals surface area (Å²) in [7, 11) is -3.39. The number of H-pyrrole nitrogens is 1. The molecule has 0 radical (unpaired) electrons. The first-order valence-electron chi connectivity index (χ1n) is 11.8. The molecule has 3 N–H and O–H groups in total. The van der Waals surface area contributed by atoms with Gasteiger partial charge in [-0.25, -0.2) is 17.8 Å². The second kappa shape index (κ2) is 10.6. The van der Waals surface area contributed by atoms with Crippen LogP contribution in [0.5, 0.6) is 11.6 Å². The highest BCUT2D eigenvalue weighted by atomic mass is 79.9. The molecule has 2 aromatic heterocycles. The lowest BCUT2D eigenvalue weighted by atomic mass is 10.0. The summed E-state index contributed by atoms with van der Waals surface area (Å²) in [6.07, 6.45) is 3.98. The predicted molar refractivity (Wildman–Crippen MR) is 146 cm³/mol. The number of fused-ring (bicyclic) bond motifs is 1. The van der Waals surface area contributed by atoms with Crippen molar-refractivity contribution in [3.8, 4) is 11.6 Å². The van der Waals surface area contributed by atoms with E-state index in [0.29, 0.717) is 47.7 Å². The normalized spacial score (nSPS) is 14.4. The summed E-state index contributed by atoms with van der Waals surface area (Å²) in [5, 5.41) is 4.01. The molecule has 3 heterocycles. The van der Waals surface area contributed by atoms with Crippen molar-refractivity contribution in [3.05, 3.63) is 70.7 Å². The first kappa shape index (κ1) is 25.9. The molecule has 0 unspecified atom stereocenters. The molecular weight excluding hydrogens is 579 g/mol. The van der Waals surface area contributed by atoms with E-state index in [4.69, 9.17) is 4.74 Å². The minimum absolute atomic E-state index is 0.0434.